The summed E-state index contributed by atoms with van der Waals surface area (Å²) in [5, 5.41) is 5.96. The van der Waals surface area contributed by atoms with Crippen molar-refractivity contribution in [1.29, 1.82) is 0 Å². The zero-order chi connectivity index (χ0) is 20.6. The number of carbonyl (C=O) groups excluding carboxylic acids is 2. The number of nitrogens with one attached hydrogen (secondary N) is 2. The van der Waals surface area contributed by atoms with Gasteiger partial charge in [-0.05, 0) is 74.7 Å². The summed E-state index contributed by atoms with van der Waals surface area (Å²) in [6, 6.07) is 11.7. The van der Waals surface area contributed by atoms with Crippen molar-refractivity contribution in [2.75, 3.05) is 37.9 Å². The Hall–Kier alpha value is -3.06. The number of rotatable bonds is 7. The Morgan fingerprint density at radius 3 is 2.55 bits per heavy atom. The van der Waals surface area contributed by atoms with Gasteiger partial charge in [-0.2, -0.15) is 0 Å². The van der Waals surface area contributed by atoms with Crippen LogP contribution >= 0.6 is 0 Å². The molecule has 29 heavy (non-hydrogen) atoms. The van der Waals surface area contributed by atoms with E-state index in [0.29, 0.717) is 35.1 Å². The lowest BCUT2D eigenvalue weighted by atomic mass is 9.95. The molecule has 1 heterocycles. The molecule has 0 spiro atoms. The first-order valence-corrected chi connectivity index (χ1v) is 9.80. The number of nitrogen functional groups attached to an aromatic ring is 1. The fraction of sp³-hybridized carbons (Fsp3) is 0.364. The molecule has 0 unspecified atom stereocenters. The average Bonchev–Trinajstić information content (AvgIpc) is 2.75. The van der Waals surface area contributed by atoms with Crippen molar-refractivity contribution in [1.82, 2.24) is 5.32 Å². The predicted molar refractivity (Wildman–Crippen MR) is 112 cm³/mol. The van der Waals surface area contributed by atoms with E-state index < -0.39 is 6.09 Å². The second-order valence-corrected chi connectivity index (χ2v) is 7.07. The van der Waals surface area contributed by atoms with E-state index in [1.54, 1.807) is 49.6 Å². The molecule has 0 aliphatic carbocycles. The smallest absolute Gasteiger partial charge is 0.411 e. The Bertz CT molecular complexity index is 846. The molecule has 0 aromatic heterocycles. The van der Waals surface area contributed by atoms with Gasteiger partial charge in [0.05, 0.1) is 25.1 Å². The van der Waals surface area contributed by atoms with Crippen LogP contribution in [0.1, 0.15) is 35.2 Å². The number of piperidine rings is 1. The van der Waals surface area contributed by atoms with E-state index in [1.807, 2.05) is 0 Å². The number of hydrogen-bond acceptors (Lipinski definition) is 6. The Morgan fingerprint density at radius 1 is 1.14 bits per heavy atom. The lowest BCUT2D eigenvalue weighted by molar-refractivity contribution is 0.103. The molecular formula is C22H27N3O4. The van der Waals surface area contributed by atoms with Crippen LogP contribution in [0.4, 0.5) is 16.2 Å². The zero-order valence-electron chi connectivity index (χ0n) is 16.6. The van der Waals surface area contributed by atoms with Crippen LogP contribution in [0.25, 0.3) is 0 Å². The maximum Gasteiger partial charge on any atom is 0.411 e. The minimum Gasteiger partial charge on any atom is -0.497 e. The molecule has 0 radical (unpaired) electrons. The molecule has 1 fully saturated rings. The van der Waals surface area contributed by atoms with Crippen LogP contribution in [0.3, 0.4) is 0 Å². The molecule has 3 rings (SSSR count). The van der Waals surface area contributed by atoms with Gasteiger partial charge in [-0.25, -0.2) is 4.79 Å². The molecule has 0 saturated carbocycles. The number of ether oxygens (including phenoxy) is 2. The Kier molecular flexibility index (Phi) is 7.08. The normalized spacial score (nSPS) is 14.2. The number of nitrogens with two attached hydrogens (primary N) is 1. The van der Waals surface area contributed by atoms with E-state index in [9.17, 15) is 9.59 Å². The first-order chi connectivity index (χ1) is 14.1. The summed E-state index contributed by atoms with van der Waals surface area (Å²) >= 11 is 0. The summed E-state index contributed by atoms with van der Waals surface area (Å²) in [6.07, 6.45) is 2.41. The minimum absolute atomic E-state index is 0.245. The van der Waals surface area contributed by atoms with E-state index in [1.165, 1.54) is 0 Å². The highest BCUT2D eigenvalue weighted by atomic mass is 16.5. The van der Waals surface area contributed by atoms with E-state index in [2.05, 4.69) is 10.6 Å². The number of hydrogen-bond donors (Lipinski definition) is 3. The van der Waals surface area contributed by atoms with E-state index in [-0.39, 0.29) is 11.5 Å². The highest BCUT2D eigenvalue weighted by Gasteiger charge is 2.19. The van der Waals surface area contributed by atoms with Gasteiger partial charge in [0.25, 0.3) is 0 Å². The summed E-state index contributed by atoms with van der Waals surface area (Å²) in [6.45, 7) is 2.35. The maximum atomic E-state index is 12.9. The third-order valence-corrected chi connectivity index (χ3v) is 5.14. The molecule has 1 amide bonds. The van der Waals surface area contributed by atoms with Crippen LogP contribution in [-0.4, -0.2) is 38.7 Å². The zero-order valence-corrected chi connectivity index (χ0v) is 16.6. The quantitative estimate of drug-likeness (QED) is 0.488. The molecule has 4 N–H and O–H groups in total. The summed E-state index contributed by atoms with van der Waals surface area (Å²) in [4.78, 5) is 25.2. The van der Waals surface area contributed by atoms with Crippen molar-refractivity contribution in [3.8, 4) is 5.75 Å². The number of para-hydroxylation sites is 1. The van der Waals surface area contributed by atoms with E-state index in [4.69, 9.17) is 15.2 Å². The van der Waals surface area contributed by atoms with Crippen LogP contribution in [0.2, 0.25) is 0 Å². The van der Waals surface area contributed by atoms with Crippen molar-refractivity contribution >= 4 is 23.3 Å². The molecule has 1 saturated heterocycles. The number of anilines is 2. The Labute approximate surface area is 170 Å². The van der Waals surface area contributed by atoms with Crippen LogP contribution < -0.4 is 21.1 Å². The summed E-state index contributed by atoms with van der Waals surface area (Å²) < 4.78 is 10.4. The molecule has 7 nitrogen and oxygen atoms in total. The topological polar surface area (TPSA) is 103 Å². The number of benzene rings is 2. The van der Waals surface area contributed by atoms with Gasteiger partial charge < -0.3 is 20.5 Å². The van der Waals surface area contributed by atoms with E-state index in [0.717, 1.165) is 32.4 Å². The van der Waals surface area contributed by atoms with Gasteiger partial charge in [0.2, 0.25) is 0 Å². The molecule has 1 aliphatic heterocycles. The lowest BCUT2D eigenvalue weighted by Gasteiger charge is -2.22. The van der Waals surface area contributed by atoms with Crippen LogP contribution in [0.15, 0.2) is 42.5 Å². The fourth-order valence-electron chi connectivity index (χ4n) is 3.42. The van der Waals surface area contributed by atoms with Crippen LogP contribution in [0, 0.1) is 5.92 Å². The fourth-order valence-corrected chi connectivity index (χ4v) is 3.42. The third kappa shape index (κ3) is 5.48. The number of methoxy groups -OCH3 is 1. The summed E-state index contributed by atoms with van der Waals surface area (Å²) in [5.41, 5.74) is 7.38. The van der Waals surface area contributed by atoms with Crippen molar-refractivity contribution in [3.63, 3.8) is 0 Å². The van der Waals surface area contributed by atoms with Gasteiger partial charge in [0.1, 0.15) is 5.75 Å². The summed E-state index contributed by atoms with van der Waals surface area (Å²) in [5.74, 6) is 0.979. The van der Waals surface area contributed by atoms with Gasteiger partial charge in [-0.3, -0.25) is 10.1 Å². The van der Waals surface area contributed by atoms with Crippen LogP contribution in [0.5, 0.6) is 5.75 Å². The van der Waals surface area contributed by atoms with Crippen molar-refractivity contribution < 1.29 is 19.1 Å². The summed E-state index contributed by atoms with van der Waals surface area (Å²) in [7, 11) is 1.56. The lowest BCUT2D eigenvalue weighted by Crippen LogP contribution is -2.28. The number of ketones is 1. The Morgan fingerprint density at radius 2 is 1.86 bits per heavy atom. The minimum atomic E-state index is -0.611. The van der Waals surface area contributed by atoms with Crippen molar-refractivity contribution in [2.45, 2.75) is 19.3 Å². The first kappa shape index (κ1) is 20.7. The molecular weight excluding hydrogens is 370 g/mol. The number of amides is 1. The Balaban J connectivity index is 1.65. The van der Waals surface area contributed by atoms with Crippen LogP contribution in [-0.2, 0) is 4.74 Å². The van der Waals surface area contributed by atoms with Gasteiger partial charge in [-0.1, -0.05) is 6.07 Å². The highest BCUT2D eigenvalue weighted by molar-refractivity contribution is 6.15. The monoisotopic (exact) mass is 397 g/mol. The van der Waals surface area contributed by atoms with Crippen molar-refractivity contribution in [3.05, 3.63) is 53.6 Å². The highest BCUT2D eigenvalue weighted by Crippen LogP contribution is 2.27. The average molecular weight is 397 g/mol. The second-order valence-electron chi connectivity index (χ2n) is 7.07. The maximum absolute atomic E-state index is 12.9. The molecule has 2 aromatic rings. The van der Waals surface area contributed by atoms with E-state index >= 15 is 0 Å². The molecule has 0 bridgehead atoms. The van der Waals surface area contributed by atoms with Gasteiger partial charge in [-0.15, -0.1) is 0 Å². The van der Waals surface area contributed by atoms with Gasteiger partial charge in [0, 0.05) is 11.1 Å². The predicted octanol–water partition coefficient (Wildman–Crippen LogP) is 3.45. The standard InChI is InChI=1S/C22H27N3O4/c1-28-17-7-5-16(6-8-17)21(26)18-3-2-4-19(23)20(18)25-22(27)29-14-11-15-9-12-24-13-10-15/h2-8,15,24H,9-14,23H2,1H3,(H,25,27). The SMILES string of the molecule is COc1ccc(C(=O)c2cccc(N)c2NC(=O)OCCC2CCNCC2)cc1. The third-order valence-electron chi connectivity index (χ3n) is 5.14. The first-order valence-electron chi connectivity index (χ1n) is 9.80. The molecule has 0 atom stereocenters. The largest absolute Gasteiger partial charge is 0.497 e. The molecule has 7 heteroatoms. The molecule has 154 valence electrons. The van der Waals surface area contributed by atoms with Gasteiger partial charge in [0.15, 0.2) is 5.78 Å². The van der Waals surface area contributed by atoms with Gasteiger partial charge >= 0.3 is 6.09 Å². The number of carbonyl (C=O) groups is 2. The molecule has 2 aromatic carbocycles. The van der Waals surface area contributed by atoms with Crippen molar-refractivity contribution in [2.24, 2.45) is 5.92 Å². The second kappa shape index (κ2) is 9.93. The molecule has 1 aliphatic rings.